The summed E-state index contributed by atoms with van der Waals surface area (Å²) in [4.78, 5) is 12.5. The summed E-state index contributed by atoms with van der Waals surface area (Å²) >= 11 is 0. The molecule has 0 radical (unpaired) electrons. The van der Waals surface area contributed by atoms with Gasteiger partial charge in [-0.2, -0.15) is 0 Å². The highest BCUT2D eigenvalue weighted by molar-refractivity contribution is 5.70. The van der Waals surface area contributed by atoms with E-state index in [0.29, 0.717) is 11.8 Å². The van der Waals surface area contributed by atoms with Crippen LogP contribution in [0.2, 0.25) is 0 Å². The summed E-state index contributed by atoms with van der Waals surface area (Å²) in [5, 5.41) is 0. The third kappa shape index (κ3) is 1.35. The van der Waals surface area contributed by atoms with Crippen LogP contribution in [0.3, 0.4) is 0 Å². The molecule has 0 saturated heterocycles. The number of benzene rings is 1. The lowest BCUT2D eigenvalue weighted by Crippen LogP contribution is -2.00. The number of aromatic nitrogens is 3. The van der Waals surface area contributed by atoms with Gasteiger partial charge in [-0.15, -0.1) is 0 Å². The van der Waals surface area contributed by atoms with Crippen LogP contribution in [0.25, 0.3) is 11.2 Å². The first-order chi connectivity index (χ1) is 9.92. The van der Waals surface area contributed by atoms with Crippen molar-refractivity contribution < 1.29 is 0 Å². The number of nitrogens with zero attached hydrogens (tertiary/aromatic N) is 2. The Morgan fingerprint density at radius 3 is 2.95 bits per heavy atom. The molecule has 2 aliphatic carbocycles. The molecule has 0 bridgehead atoms. The highest BCUT2D eigenvalue weighted by atomic mass is 15.0. The van der Waals surface area contributed by atoms with Crippen molar-refractivity contribution in [2.24, 2.45) is 5.92 Å². The number of fused-ring (bicyclic) bond motifs is 4. The van der Waals surface area contributed by atoms with E-state index in [4.69, 9.17) is 4.98 Å². The topological polar surface area (TPSA) is 41.6 Å². The lowest BCUT2D eigenvalue weighted by molar-refractivity contribution is 0.655. The number of aromatic amines is 1. The van der Waals surface area contributed by atoms with Crippen molar-refractivity contribution in [3.63, 3.8) is 0 Å². The van der Waals surface area contributed by atoms with Crippen LogP contribution < -0.4 is 0 Å². The zero-order valence-electron chi connectivity index (χ0n) is 11.1. The molecule has 20 heavy (non-hydrogen) atoms. The minimum absolute atomic E-state index is 0.563. The Bertz CT molecular complexity index is 772. The zero-order valence-corrected chi connectivity index (χ0v) is 11.1. The number of pyridine rings is 1. The van der Waals surface area contributed by atoms with E-state index in [0.717, 1.165) is 22.9 Å². The summed E-state index contributed by atoms with van der Waals surface area (Å²) in [5.41, 5.74) is 4.98. The van der Waals surface area contributed by atoms with Gasteiger partial charge in [0.15, 0.2) is 5.65 Å². The number of rotatable bonds is 1. The van der Waals surface area contributed by atoms with Crippen LogP contribution in [0.5, 0.6) is 0 Å². The smallest absolute Gasteiger partial charge is 0.177 e. The summed E-state index contributed by atoms with van der Waals surface area (Å²) in [5.74, 6) is 3.13. The maximum absolute atomic E-state index is 4.71. The molecule has 1 aromatic carbocycles. The van der Waals surface area contributed by atoms with Crippen LogP contribution >= 0.6 is 0 Å². The van der Waals surface area contributed by atoms with Crippen molar-refractivity contribution >= 4 is 11.2 Å². The molecule has 3 aromatic rings. The first kappa shape index (κ1) is 10.6. The fraction of sp³-hybridized carbons (Fsp3) is 0.294. The second-order valence-corrected chi connectivity index (χ2v) is 5.95. The van der Waals surface area contributed by atoms with Crippen molar-refractivity contribution in [1.82, 2.24) is 15.0 Å². The van der Waals surface area contributed by atoms with Gasteiger partial charge in [-0.3, -0.25) is 0 Å². The predicted octanol–water partition coefficient (Wildman–Crippen LogP) is 3.40. The van der Waals surface area contributed by atoms with E-state index in [1.165, 1.54) is 18.4 Å². The summed E-state index contributed by atoms with van der Waals surface area (Å²) < 4.78 is 0. The zero-order chi connectivity index (χ0) is 13.1. The average molecular weight is 261 g/mol. The summed E-state index contributed by atoms with van der Waals surface area (Å²) in [6.07, 6.45) is 4.31. The molecule has 1 saturated carbocycles. The molecule has 2 aliphatic rings. The quantitative estimate of drug-likeness (QED) is 0.729. The lowest BCUT2D eigenvalue weighted by Gasteiger charge is -2.13. The van der Waals surface area contributed by atoms with Gasteiger partial charge in [-0.05, 0) is 47.9 Å². The number of imidazole rings is 1. The van der Waals surface area contributed by atoms with Gasteiger partial charge >= 0.3 is 0 Å². The van der Waals surface area contributed by atoms with E-state index in [1.807, 2.05) is 12.3 Å². The fourth-order valence-electron chi connectivity index (χ4n) is 3.96. The van der Waals surface area contributed by atoms with E-state index in [9.17, 15) is 0 Å². The molecule has 3 atom stereocenters. The second-order valence-electron chi connectivity index (χ2n) is 5.95. The number of H-pyrrole nitrogens is 1. The van der Waals surface area contributed by atoms with Crippen molar-refractivity contribution in [2.45, 2.75) is 24.7 Å². The van der Waals surface area contributed by atoms with Gasteiger partial charge in [0, 0.05) is 12.1 Å². The standard InChI is InChI=1S/C17H15N3/c1-2-5-11-10(4-1)7-8-12-14(11)15(12)17-19-13-6-3-9-18-16(13)20-17/h1-6,9,12,14-15H,7-8H2,(H,18,19,20). The Kier molecular flexibility index (Phi) is 1.96. The highest BCUT2D eigenvalue weighted by Gasteiger charge is 2.55. The number of hydrogen-bond acceptors (Lipinski definition) is 2. The SMILES string of the molecule is c1ccc2c(c1)CCC1C(c3nc4ncccc4[nH]3)C21. The van der Waals surface area contributed by atoms with Gasteiger partial charge in [0.1, 0.15) is 5.82 Å². The molecule has 3 unspecified atom stereocenters. The maximum Gasteiger partial charge on any atom is 0.177 e. The van der Waals surface area contributed by atoms with Crippen LogP contribution in [0, 0.1) is 5.92 Å². The molecule has 0 amide bonds. The summed E-state index contributed by atoms with van der Waals surface area (Å²) in [6, 6.07) is 12.9. The number of nitrogens with one attached hydrogen (secondary N) is 1. The molecular formula is C17H15N3. The van der Waals surface area contributed by atoms with Crippen molar-refractivity contribution in [2.75, 3.05) is 0 Å². The molecule has 2 heterocycles. The molecule has 3 nitrogen and oxygen atoms in total. The number of hydrogen-bond donors (Lipinski definition) is 1. The van der Waals surface area contributed by atoms with Gasteiger partial charge in [-0.25, -0.2) is 9.97 Å². The Morgan fingerprint density at radius 2 is 2.00 bits per heavy atom. The lowest BCUT2D eigenvalue weighted by atomic mass is 9.92. The molecular weight excluding hydrogens is 246 g/mol. The third-order valence-electron chi connectivity index (χ3n) is 4.92. The van der Waals surface area contributed by atoms with Gasteiger partial charge in [0.25, 0.3) is 0 Å². The van der Waals surface area contributed by atoms with E-state index in [-0.39, 0.29) is 0 Å². The maximum atomic E-state index is 4.71. The molecule has 1 fully saturated rings. The average Bonchev–Trinajstić information content (AvgIpc) is 3.09. The summed E-state index contributed by atoms with van der Waals surface area (Å²) in [7, 11) is 0. The van der Waals surface area contributed by atoms with E-state index in [1.54, 1.807) is 5.56 Å². The van der Waals surface area contributed by atoms with Crippen molar-refractivity contribution in [3.05, 3.63) is 59.5 Å². The summed E-state index contributed by atoms with van der Waals surface area (Å²) in [6.45, 7) is 0. The van der Waals surface area contributed by atoms with Crippen LogP contribution in [-0.4, -0.2) is 15.0 Å². The molecule has 1 N–H and O–H groups in total. The van der Waals surface area contributed by atoms with Gasteiger partial charge in [0.05, 0.1) is 5.52 Å². The Hall–Kier alpha value is -2.16. The van der Waals surface area contributed by atoms with Gasteiger partial charge in [0.2, 0.25) is 0 Å². The molecule has 0 spiro atoms. The van der Waals surface area contributed by atoms with Gasteiger partial charge in [-0.1, -0.05) is 24.3 Å². The Morgan fingerprint density at radius 1 is 1.05 bits per heavy atom. The second kappa shape index (κ2) is 3.69. The van der Waals surface area contributed by atoms with E-state index < -0.39 is 0 Å². The first-order valence-electron chi connectivity index (χ1n) is 7.30. The molecule has 0 aliphatic heterocycles. The minimum atomic E-state index is 0.563. The first-order valence-corrected chi connectivity index (χ1v) is 7.30. The highest BCUT2D eigenvalue weighted by Crippen LogP contribution is 2.64. The minimum Gasteiger partial charge on any atom is -0.340 e. The molecule has 98 valence electrons. The Labute approximate surface area is 117 Å². The van der Waals surface area contributed by atoms with Crippen LogP contribution in [0.1, 0.15) is 35.2 Å². The van der Waals surface area contributed by atoms with Crippen LogP contribution in [0.4, 0.5) is 0 Å². The fourth-order valence-corrected chi connectivity index (χ4v) is 3.96. The monoisotopic (exact) mass is 261 g/mol. The van der Waals surface area contributed by atoms with Crippen LogP contribution in [0.15, 0.2) is 42.6 Å². The molecule has 2 aromatic heterocycles. The number of aryl methyl sites for hydroxylation is 1. The predicted molar refractivity (Wildman–Crippen MR) is 77.6 cm³/mol. The largest absolute Gasteiger partial charge is 0.340 e. The van der Waals surface area contributed by atoms with E-state index in [2.05, 4.69) is 40.3 Å². The van der Waals surface area contributed by atoms with Crippen LogP contribution in [-0.2, 0) is 6.42 Å². The van der Waals surface area contributed by atoms with Crippen molar-refractivity contribution in [1.29, 1.82) is 0 Å². The van der Waals surface area contributed by atoms with E-state index >= 15 is 0 Å². The normalized spacial score (nSPS) is 27.1. The molecule has 3 heteroatoms. The third-order valence-corrected chi connectivity index (χ3v) is 4.92. The van der Waals surface area contributed by atoms with Crippen molar-refractivity contribution in [3.8, 4) is 0 Å². The molecule has 5 rings (SSSR count). The Balaban J connectivity index is 1.58. The van der Waals surface area contributed by atoms with Gasteiger partial charge < -0.3 is 4.98 Å².